The van der Waals surface area contributed by atoms with Gasteiger partial charge in [0, 0.05) is 23.6 Å². The van der Waals surface area contributed by atoms with Crippen molar-refractivity contribution >= 4 is 10.9 Å². The van der Waals surface area contributed by atoms with Crippen LogP contribution in [0.15, 0.2) is 85.1 Å². The van der Waals surface area contributed by atoms with Gasteiger partial charge < -0.3 is 4.57 Å². The molecule has 0 radical (unpaired) electrons. The first-order valence-electron chi connectivity index (χ1n) is 8.31. The molecule has 0 bridgehead atoms. The Labute approximate surface area is 149 Å². The SMILES string of the molecule is FC(F)(F)c1ccc(-c2ccc3c(ccn3Cc3ccccc3)c2)cc1. The second-order valence-electron chi connectivity index (χ2n) is 6.28. The minimum Gasteiger partial charge on any atom is -0.343 e. The van der Waals surface area contributed by atoms with Crippen molar-refractivity contribution in [3.8, 4) is 11.1 Å². The minimum absolute atomic E-state index is 0.628. The van der Waals surface area contributed by atoms with Crippen LogP contribution in [0.4, 0.5) is 13.2 Å². The molecular formula is C22H16F3N. The first-order chi connectivity index (χ1) is 12.5. The van der Waals surface area contributed by atoms with Gasteiger partial charge in [-0.25, -0.2) is 0 Å². The number of fused-ring (bicyclic) bond motifs is 1. The van der Waals surface area contributed by atoms with Crippen LogP contribution in [0.5, 0.6) is 0 Å². The molecule has 0 aliphatic heterocycles. The fraction of sp³-hybridized carbons (Fsp3) is 0.0909. The summed E-state index contributed by atoms with van der Waals surface area (Å²) in [5.74, 6) is 0. The highest BCUT2D eigenvalue weighted by molar-refractivity contribution is 5.85. The van der Waals surface area contributed by atoms with Crippen LogP contribution in [0.3, 0.4) is 0 Å². The zero-order valence-corrected chi connectivity index (χ0v) is 13.9. The number of hydrogen-bond acceptors (Lipinski definition) is 0. The van der Waals surface area contributed by atoms with E-state index in [-0.39, 0.29) is 0 Å². The highest BCUT2D eigenvalue weighted by Gasteiger charge is 2.29. The number of aromatic nitrogens is 1. The van der Waals surface area contributed by atoms with E-state index in [0.717, 1.165) is 40.7 Å². The Morgan fingerprint density at radius 3 is 2.12 bits per heavy atom. The number of rotatable bonds is 3. The Bertz CT molecular complexity index is 1030. The molecule has 0 unspecified atom stereocenters. The quantitative estimate of drug-likeness (QED) is 0.404. The smallest absolute Gasteiger partial charge is 0.343 e. The predicted molar refractivity (Wildman–Crippen MR) is 97.9 cm³/mol. The fourth-order valence-corrected chi connectivity index (χ4v) is 3.15. The molecule has 0 saturated carbocycles. The summed E-state index contributed by atoms with van der Waals surface area (Å²) in [6.45, 7) is 0.782. The van der Waals surface area contributed by atoms with Gasteiger partial charge in [0.25, 0.3) is 0 Å². The lowest BCUT2D eigenvalue weighted by Gasteiger charge is -2.09. The third kappa shape index (κ3) is 3.23. The Balaban J connectivity index is 1.64. The van der Waals surface area contributed by atoms with Gasteiger partial charge in [-0.15, -0.1) is 0 Å². The molecule has 0 aliphatic carbocycles. The Morgan fingerprint density at radius 1 is 0.731 bits per heavy atom. The van der Waals surface area contributed by atoms with E-state index in [2.05, 4.69) is 16.7 Å². The molecule has 0 aliphatic rings. The van der Waals surface area contributed by atoms with Crippen molar-refractivity contribution < 1.29 is 13.2 Å². The van der Waals surface area contributed by atoms with Crippen molar-refractivity contribution in [2.75, 3.05) is 0 Å². The van der Waals surface area contributed by atoms with Gasteiger partial charge in [-0.3, -0.25) is 0 Å². The van der Waals surface area contributed by atoms with Gasteiger partial charge in [0.1, 0.15) is 0 Å². The van der Waals surface area contributed by atoms with Gasteiger partial charge in [0.05, 0.1) is 5.56 Å². The second-order valence-corrected chi connectivity index (χ2v) is 6.28. The fourth-order valence-electron chi connectivity index (χ4n) is 3.15. The summed E-state index contributed by atoms with van der Waals surface area (Å²) in [6.07, 6.45) is -2.27. The molecule has 0 spiro atoms. The first-order valence-corrected chi connectivity index (χ1v) is 8.31. The van der Waals surface area contributed by atoms with Crippen LogP contribution in [-0.2, 0) is 12.7 Å². The molecule has 0 saturated heterocycles. The molecule has 4 aromatic rings. The zero-order chi connectivity index (χ0) is 18.1. The Kier molecular flexibility index (Phi) is 4.03. The van der Waals surface area contributed by atoms with Crippen LogP contribution >= 0.6 is 0 Å². The lowest BCUT2D eigenvalue weighted by molar-refractivity contribution is -0.137. The van der Waals surface area contributed by atoms with Crippen LogP contribution < -0.4 is 0 Å². The normalized spacial score (nSPS) is 11.8. The van der Waals surface area contributed by atoms with E-state index in [4.69, 9.17) is 0 Å². The van der Waals surface area contributed by atoms with Crippen LogP contribution in [0, 0.1) is 0 Å². The maximum atomic E-state index is 12.7. The number of benzene rings is 3. The topological polar surface area (TPSA) is 4.93 Å². The number of hydrogen-bond donors (Lipinski definition) is 0. The highest BCUT2D eigenvalue weighted by Crippen LogP contribution is 2.32. The molecule has 4 heteroatoms. The van der Waals surface area contributed by atoms with Crippen LogP contribution in [0.2, 0.25) is 0 Å². The monoisotopic (exact) mass is 351 g/mol. The molecule has 0 fully saturated rings. The van der Waals surface area contributed by atoms with Crippen molar-refractivity contribution in [1.29, 1.82) is 0 Å². The predicted octanol–water partition coefficient (Wildman–Crippen LogP) is 6.38. The summed E-state index contributed by atoms with van der Waals surface area (Å²) < 4.78 is 40.3. The van der Waals surface area contributed by atoms with Crippen LogP contribution in [-0.4, -0.2) is 4.57 Å². The van der Waals surface area contributed by atoms with Crippen molar-refractivity contribution in [3.05, 3.63) is 96.2 Å². The van der Waals surface area contributed by atoms with E-state index in [1.54, 1.807) is 0 Å². The van der Waals surface area contributed by atoms with Crippen molar-refractivity contribution in [3.63, 3.8) is 0 Å². The van der Waals surface area contributed by atoms with E-state index >= 15 is 0 Å². The second kappa shape index (κ2) is 6.37. The summed E-state index contributed by atoms with van der Waals surface area (Å²) in [4.78, 5) is 0. The van der Waals surface area contributed by atoms with Crippen LogP contribution in [0.1, 0.15) is 11.1 Å². The molecule has 1 nitrogen and oxygen atoms in total. The van der Waals surface area contributed by atoms with Gasteiger partial charge >= 0.3 is 6.18 Å². The molecule has 0 atom stereocenters. The van der Waals surface area contributed by atoms with Crippen molar-refractivity contribution in [2.45, 2.75) is 12.7 Å². The average molecular weight is 351 g/mol. The average Bonchev–Trinajstić information content (AvgIpc) is 3.04. The number of alkyl halides is 3. The van der Waals surface area contributed by atoms with Crippen molar-refractivity contribution in [2.24, 2.45) is 0 Å². The summed E-state index contributed by atoms with van der Waals surface area (Å²) in [5.41, 5.74) is 3.37. The third-order valence-corrected chi connectivity index (χ3v) is 4.51. The number of nitrogens with zero attached hydrogens (tertiary/aromatic N) is 1. The lowest BCUT2D eigenvalue weighted by atomic mass is 10.0. The Morgan fingerprint density at radius 2 is 1.42 bits per heavy atom. The van der Waals surface area contributed by atoms with Gasteiger partial charge in [-0.1, -0.05) is 48.5 Å². The maximum absolute atomic E-state index is 12.7. The molecule has 0 amide bonds. The number of halogens is 3. The summed E-state index contributed by atoms with van der Waals surface area (Å²) in [5, 5.41) is 1.07. The van der Waals surface area contributed by atoms with E-state index in [1.165, 1.54) is 17.7 Å². The summed E-state index contributed by atoms with van der Waals surface area (Å²) in [7, 11) is 0. The first kappa shape index (κ1) is 16.5. The molecule has 130 valence electrons. The zero-order valence-electron chi connectivity index (χ0n) is 13.9. The standard InChI is InChI=1S/C22H16F3N/c23-22(24,25)20-9-6-17(7-10-20)18-8-11-21-19(14-18)12-13-26(21)15-16-4-2-1-3-5-16/h1-14H,15H2. The largest absolute Gasteiger partial charge is 0.416 e. The molecular weight excluding hydrogens is 335 g/mol. The van der Waals surface area contributed by atoms with Gasteiger partial charge in [0.15, 0.2) is 0 Å². The van der Waals surface area contributed by atoms with Crippen LogP contribution in [0.25, 0.3) is 22.0 Å². The minimum atomic E-state index is -4.31. The molecule has 1 heterocycles. The molecule has 26 heavy (non-hydrogen) atoms. The molecule has 1 aromatic heterocycles. The summed E-state index contributed by atoms with van der Waals surface area (Å²) >= 11 is 0. The highest BCUT2D eigenvalue weighted by atomic mass is 19.4. The van der Waals surface area contributed by atoms with Gasteiger partial charge in [-0.2, -0.15) is 13.2 Å². The van der Waals surface area contributed by atoms with Gasteiger partial charge in [-0.05, 0) is 47.0 Å². The molecule has 4 rings (SSSR count). The molecule has 3 aromatic carbocycles. The summed E-state index contributed by atoms with van der Waals surface area (Å²) in [6, 6.07) is 23.5. The van der Waals surface area contributed by atoms with Crippen molar-refractivity contribution in [1.82, 2.24) is 4.57 Å². The molecule has 0 N–H and O–H groups in total. The maximum Gasteiger partial charge on any atom is 0.416 e. The van der Waals surface area contributed by atoms with Gasteiger partial charge in [0.2, 0.25) is 0 Å². The third-order valence-electron chi connectivity index (χ3n) is 4.51. The van der Waals surface area contributed by atoms with E-state index in [1.807, 2.05) is 48.7 Å². The van der Waals surface area contributed by atoms with E-state index in [0.29, 0.717) is 0 Å². The van der Waals surface area contributed by atoms with E-state index < -0.39 is 11.7 Å². The Hall–Kier alpha value is -3.01. The lowest BCUT2D eigenvalue weighted by Crippen LogP contribution is -2.03. The van der Waals surface area contributed by atoms with E-state index in [9.17, 15) is 13.2 Å².